The van der Waals surface area contributed by atoms with Crippen LogP contribution in [0, 0.1) is 0 Å². The lowest BCUT2D eigenvalue weighted by Crippen LogP contribution is -2.20. The van der Waals surface area contributed by atoms with Gasteiger partial charge in [0.05, 0.1) is 38.9 Å². The molecule has 1 N–H and O–H groups in total. The van der Waals surface area contributed by atoms with E-state index in [2.05, 4.69) is 24.3 Å². The van der Waals surface area contributed by atoms with Crippen LogP contribution < -0.4 is 28.4 Å². The summed E-state index contributed by atoms with van der Waals surface area (Å²) >= 11 is 0. The zero-order valence-electron chi connectivity index (χ0n) is 59.9. The van der Waals surface area contributed by atoms with E-state index in [9.17, 15) is 38.7 Å². The first-order valence-electron chi connectivity index (χ1n) is 32.0. The van der Waals surface area contributed by atoms with Crippen LogP contribution in [0.2, 0.25) is 0 Å². The van der Waals surface area contributed by atoms with Gasteiger partial charge in [-0.25, -0.2) is 33.6 Å². The Kier molecular flexibility index (Phi) is 20.5. The third kappa shape index (κ3) is 19.0. The van der Waals surface area contributed by atoms with E-state index in [1.807, 2.05) is 166 Å². The largest absolute Gasteiger partial charge is 0.478 e. The standard InChI is InChI=1S/C81H94O14/c1-74(2,3)53-25-47(26-54(39-53)75(4,5)6)68(84)92-63-35-51(36-64(44-63)93-69(85)48-27-55(76(7,8)9)40-56(28-48)77(10,11)12)72(88)90-61-33-46(67(82)83)34-62(43-61)91-73(89)52-37-65(94-70(86)49-29-57(78(13,14)15)41-58(30-49)79(16,17)18)45-66(38-52)95-71(87)50-31-59(80(19,20)21)42-60(32-50)81(22,23)24/h25-45H,1-24H3,(H,82,83). The molecule has 0 bridgehead atoms. The first kappa shape index (κ1) is 73.2. The first-order chi connectivity index (χ1) is 43.3. The number of carboxylic acid groups (broad SMARTS) is 1. The minimum Gasteiger partial charge on any atom is -0.478 e. The molecule has 7 aromatic carbocycles. The Balaban J connectivity index is 1.29. The number of carbonyl (C=O) groups is 7. The van der Waals surface area contributed by atoms with Gasteiger partial charge in [0.2, 0.25) is 0 Å². The van der Waals surface area contributed by atoms with E-state index in [1.165, 1.54) is 36.4 Å². The van der Waals surface area contributed by atoms with Crippen molar-refractivity contribution in [1.82, 2.24) is 0 Å². The molecule has 14 nitrogen and oxygen atoms in total. The summed E-state index contributed by atoms with van der Waals surface area (Å²) in [6, 6.07) is 32.8. The van der Waals surface area contributed by atoms with Gasteiger partial charge in [-0.3, -0.25) is 0 Å². The maximum absolute atomic E-state index is 14.6. The third-order valence-corrected chi connectivity index (χ3v) is 16.2. The van der Waals surface area contributed by atoms with Gasteiger partial charge >= 0.3 is 41.8 Å². The molecule has 0 heterocycles. The Morgan fingerprint density at radius 3 is 0.453 bits per heavy atom. The fraction of sp³-hybridized carbons (Fsp3) is 0.395. The average Bonchev–Trinajstić information content (AvgIpc) is 0.841. The van der Waals surface area contributed by atoms with Gasteiger partial charge in [0, 0.05) is 18.2 Å². The summed E-state index contributed by atoms with van der Waals surface area (Å²) < 4.78 is 35.8. The Morgan fingerprint density at radius 2 is 0.326 bits per heavy atom. The second-order valence-corrected chi connectivity index (χ2v) is 32.9. The molecule has 0 amide bonds. The van der Waals surface area contributed by atoms with Crippen molar-refractivity contribution in [3.8, 4) is 34.5 Å². The van der Waals surface area contributed by atoms with Crippen molar-refractivity contribution in [1.29, 1.82) is 0 Å². The second-order valence-electron chi connectivity index (χ2n) is 32.9. The summed E-state index contributed by atoms with van der Waals surface area (Å²) in [6.45, 7) is 48.7. The number of benzene rings is 7. The highest BCUT2D eigenvalue weighted by Gasteiger charge is 2.30. The van der Waals surface area contributed by atoms with Crippen LogP contribution in [0.25, 0.3) is 0 Å². The van der Waals surface area contributed by atoms with Gasteiger partial charge in [-0.2, -0.15) is 0 Å². The number of aromatic carboxylic acids is 1. The summed E-state index contributed by atoms with van der Waals surface area (Å²) in [7, 11) is 0. The normalized spacial score (nSPS) is 12.5. The van der Waals surface area contributed by atoms with Gasteiger partial charge in [-0.05, 0) is 173 Å². The van der Waals surface area contributed by atoms with Crippen molar-refractivity contribution in [3.05, 3.63) is 211 Å². The van der Waals surface area contributed by atoms with Crippen molar-refractivity contribution < 1.29 is 67.1 Å². The number of rotatable bonds is 13. The maximum Gasteiger partial charge on any atom is 0.343 e. The van der Waals surface area contributed by atoms with E-state index in [4.69, 9.17) is 28.4 Å². The van der Waals surface area contributed by atoms with E-state index in [0.717, 1.165) is 62.7 Å². The number of carboxylic acids is 1. The van der Waals surface area contributed by atoms with E-state index in [1.54, 1.807) is 48.5 Å². The summed E-state index contributed by atoms with van der Waals surface area (Å²) in [6.07, 6.45) is 0. The summed E-state index contributed by atoms with van der Waals surface area (Å²) in [5.74, 6) is -8.42. The SMILES string of the molecule is CC(C)(C)c1cc(C(=O)Oc2cc(OC(=O)c3cc(C(C)(C)C)cc(C(C)(C)C)c3)cc(C(=O)Oc3cc(OC(=O)c4cc(OC(=O)c5cc(C(C)(C)C)cc(C(C)(C)C)c5)cc(OC(=O)c5cc(C(C)(C)C)cc(C(C)(C)C)c5)c4)cc(C(=O)O)c3)c2)cc(C(C)(C)C)c1. The molecule has 95 heavy (non-hydrogen) atoms. The van der Waals surface area contributed by atoms with Crippen molar-refractivity contribution >= 4 is 41.8 Å². The molecule has 0 unspecified atom stereocenters. The Morgan fingerprint density at radius 1 is 0.200 bits per heavy atom. The van der Waals surface area contributed by atoms with Gasteiger partial charge in [0.15, 0.2) is 0 Å². The van der Waals surface area contributed by atoms with E-state index < -0.39 is 58.8 Å². The topological polar surface area (TPSA) is 195 Å². The van der Waals surface area contributed by atoms with Gasteiger partial charge in [-0.15, -0.1) is 0 Å². The molecule has 0 spiro atoms. The van der Waals surface area contributed by atoms with E-state index >= 15 is 0 Å². The third-order valence-electron chi connectivity index (χ3n) is 16.2. The quantitative estimate of drug-likeness (QED) is 0.0846. The van der Waals surface area contributed by atoms with E-state index in [-0.39, 0.29) is 99.7 Å². The Hall–Kier alpha value is -9.17. The highest BCUT2D eigenvalue weighted by atomic mass is 16.6. The number of hydrogen-bond acceptors (Lipinski definition) is 13. The van der Waals surface area contributed by atoms with Gasteiger partial charge in [0.25, 0.3) is 0 Å². The molecule has 7 aromatic rings. The lowest BCUT2D eigenvalue weighted by Gasteiger charge is -2.26. The molecule has 0 aromatic heterocycles. The van der Waals surface area contributed by atoms with E-state index in [0.29, 0.717) is 0 Å². The fourth-order valence-corrected chi connectivity index (χ4v) is 9.87. The van der Waals surface area contributed by atoms with Crippen LogP contribution in [0.3, 0.4) is 0 Å². The van der Waals surface area contributed by atoms with Gasteiger partial charge in [-0.1, -0.05) is 190 Å². The molecule has 14 heteroatoms. The zero-order chi connectivity index (χ0) is 71.3. The highest BCUT2D eigenvalue weighted by molar-refractivity contribution is 5.98. The lowest BCUT2D eigenvalue weighted by atomic mass is 9.79. The number of esters is 6. The molecule has 0 aliphatic rings. The monoisotopic (exact) mass is 1290 g/mol. The number of hydrogen-bond donors (Lipinski definition) is 1. The smallest absolute Gasteiger partial charge is 0.343 e. The van der Waals surface area contributed by atoms with Gasteiger partial charge in [0.1, 0.15) is 34.5 Å². The molecule has 0 saturated heterocycles. The van der Waals surface area contributed by atoms with Crippen molar-refractivity contribution in [2.45, 2.75) is 209 Å². The summed E-state index contributed by atoms with van der Waals surface area (Å²) in [5, 5.41) is 10.4. The predicted molar refractivity (Wildman–Crippen MR) is 371 cm³/mol. The second kappa shape index (κ2) is 26.6. The molecule has 0 radical (unpaired) electrons. The molecule has 0 atom stereocenters. The number of ether oxygens (including phenoxy) is 6. The number of carbonyl (C=O) groups excluding carboxylic acids is 6. The molecular formula is C81H94O14. The predicted octanol–water partition coefficient (Wildman–Crippen LogP) is 19.1. The van der Waals surface area contributed by atoms with Crippen molar-refractivity contribution in [2.24, 2.45) is 0 Å². The van der Waals surface area contributed by atoms with Crippen molar-refractivity contribution in [2.75, 3.05) is 0 Å². The van der Waals surface area contributed by atoms with Crippen LogP contribution >= 0.6 is 0 Å². The van der Waals surface area contributed by atoms with Crippen LogP contribution in [-0.4, -0.2) is 46.9 Å². The maximum atomic E-state index is 14.6. The summed E-state index contributed by atoms with van der Waals surface area (Å²) in [4.78, 5) is 99.2. The molecule has 0 aliphatic carbocycles. The average molecular weight is 1290 g/mol. The van der Waals surface area contributed by atoms with Crippen LogP contribution in [0.5, 0.6) is 34.5 Å². The van der Waals surface area contributed by atoms with Crippen LogP contribution in [-0.2, 0) is 43.3 Å². The minimum absolute atomic E-state index is 0.197. The highest BCUT2D eigenvalue weighted by Crippen LogP contribution is 2.38. The van der Waals surface area contributed by atoms with Crippen molar-refractivity contribution in [3.63, 3.8) is 0 Å². The molecule has 7 rings (SSSR count). The van der Waals surface area contributed by atoms with Crippen LogP contribution in [0.15, 0.2) is 127 Å². The van der Waals surface area contributed by atoms with Crippen LogP contribution in [0.1, 0.15) is 283 Å². The summed E-state index contributed by atoms with van der Waals surface area (Å²) in [5.41, 5.74) is 4.06. The minimum atomic E-state index is -1.49. The molecule has 0 saturated carbocycles. The molecule has 0 fully saturated rings. The molecule has 0 aliphatic heterocycles. The van der Waals surface area contributed by atoms with Gasteiger partial charge < -0.3 is 33.5 Å². The zero-order valence-corrected chi connectivity index (χ0v) is 59.9. The Labute approximate surface area is 561 Å². The Bertz CT molecular complexity index is 3570. The lowest BCUT2D eigenvalue weighted by molar-refractivity contribution is 0.0679. The molecular weight excluding hydrogens is 1200 g/mol. The molecule has 502 valence electrons. The first-order valence-corrected chi connectivity index (χ1v) is 32.0. The van der Waals surface area contributed by atoms with Crippen LogP contribution in [0.4, 0.5) is 0 Å². The fourth-order valence-electron chi connectivity index (χ4n) is 9.87.